The van der Waals surface area contributed by atoms with Crippen molar-refractivity contribution < 1.29 is 18.3 Å². The molecule has 0 fully saturated rings. The van der Waals surface area contributed by atoms with Gasteiger partial charge in [-0.3, -0.25) is 9.52 Å². The molecule has 0 spiro atoms. The van der Waals surface area contributed by atoms with Crippen molar-refractivity contribution in [3.8, 4) is 0 Å². The van der Waals surface area contributed by atoms with Gasteiger partial charge in [-0.1, -0.05) is 30.3 Å². The summed E-state index contributed by atoms with van der Waals surface area (Å²) in [5.41, 5.74) is 2.43. The van der Waals surface area contributed by atoms with Gasteiger partial charge >= 0.3 is 0 Å². The lowest BCUT2D eigenvalue weighted by Crippen LogP contribution is -2.42. The van der Waals surface area contributed by atoms with Gasteiger partial charge in [0, 0.05) is 54.0 Å². The van der Waals surface area contributed by atoms with Crippen molar-refractivity contribution in [3.05, 3.63) is 96.2 Å². The topological polar surface area (TPSA) is 112 Å². The monoisotopic (exact) mass is 534 g/mol. The number of aliphatic hydroxyl groups excluding tert-OH is 1. The van der Waals surface area contributed by atoms with Gasteiger partial charge in [-0.05, 0) is 74.4 Å². The number of anilines is 1. The molecule has 0 aliphatic heterocycles. The number of nitrogens with one attached hydrogen (secondary N) is 3. The van der Waals surface area contributed by atoms with Gasteiger partial charge in [0.15, 0.2) is 0 Å². The van der Waals surface area contributed by atoms with Gasteiger partial charge in [0.25, 0.3) is 15.9 Å². The highest BCUT2D eigenvalue weighted by atomic mass is 32.2. The van der Waals surface area contributed by atoms with Crippen LogP contribution in [0.5, 0.6) is 0 Å². The molecule has 3 aromatic carbocycles. The minimum atomic E-state index is -3.71. The van der Waals surface area contributed by atoms with Crippen LogP contribution in [0.15, 0.2) is 90.0 Å². The summed E-state index contributed by atoms with van der Waals surface area (Å²) >= 11 is 0. The molecule has 4 N–H and O–H groups in total. The second-order valence-corrected chi connectivity index (χ2v) is 11.6. The molecule has 0 aliphatic carbocycles. The number of β-amino-alcohol motifs (C(OH)–C–C–N with tert-alkyl or cyclic N) is 1. The fourth-order valence-corrected chi connectivity index (χ4v) is 5.35. The number of benzene rings is 3. The minimum absolute atomic E-state index is 0.109. The van der Waals surface area contributed by atoms with Gasteiger partial charge in [-0.25, -0.2) is 8.42 Å². The summed E-state index contributed by atoms with van der Waals surface area (Å²) in [4.78, 5) is 12.1. The van der Waals surface area contributed by atoms with Crippen LogP contribution in [0.2, 0.25) is 0 Å². The Morgan fingerprint density at radius 1 is 1.00 bits per heavy atom. The van der Waals surface area contributed by atoms with Crippen molar-refractivity contribution in [2.75, 3.05) is 18.3 Å². The molecule has 4 aromatic rings. The van der Waals surface area contributed by atoms with Crippen molar-refractivity contribution >= 4 is 32.5 Å². The lowest BCUT2D eigenvalue weighted by Gasteiger charge is -2.28. The summed E-state index contributed by atoms with van der Waals surface area (Å²) < 4.78 is 30.0. The van der Waals surface area contributed by atoms with Crippen LogP contribution in [0.4, 0.5) is 5.69 Å². The highest BCUT2D eigenvalue weighted by molar-refractivity contribution is 7.92. The molecular weight excluding hydrogens is 500 g/mol. The van der Waals surface area contributed by atoms with Crippen molar-refractivity contribution in [3.63, 3.8) is 0 Å². The summed E-state index contributed by atoms with van der Waals surface area (Å²) in [7, 11) is -2.09. The average Bonchev–Trinajstić information content (AvgIpc) is 3.33. The molecule has 0 saturated carbocycles. The molecule has 9 heteroatoms. The summed E-state index contributed by atoms with van der Waals surface area (Å²) in [5, 5.41) is 17.9. The molecule has 1 amide bonds. The summed E-state index contributed by atoms with van der Waals surface area (Å²) in [6.45, 7) is 5.23. The highest BCUT2D eigenvalue weighted by Gasteiger charge is 2.20. The Bertz CT molecular complexity index is 1510. The van der Waals surface area contributed by atoms with Crippen molar-refractivity contribution in [2.24, 2.45) is 0 Å². The number of carbonyl (C=O) groups is 1. The molecule has 4 rings (SSSR count). The first-order valence-electron chi connectivity index (χ1n) is 12.5. The van der Waals surface area contributed by atoms with E-state index in [0.717, 1.165) is 23.9 Å². The normalized spacial score (nSPS) is 12.8. The van der Waals surface area contributed by atoms with Crippen LogP contribution in [0.1, 0.15) is 42.3 Å². The Morgan fingerprint density at radius 2 is 1.76 bits per heavy atom. The zero-order chi connectivity index (χ0) is 27.3. The van der Waals surface area contributed by atoms with Crippen molar-refractivity contribution in [2.45, 2.75) is 43.4 Å². The average molecular weight is 535 g/mol. The number of sulfonamides is 1. The molecule has 38 heavy (non-hydrogen) atoms. The molecule has 8 nitrogen and oxygen atoms in total. The van der Waals surface area contributed by atoms with Crippen molar-refractivity contribution in [1.82, 2.24) is 15.2 Å². The Kier molecular flexibility index (Phi) is 8.20. The van der Waals surface area contributed by atoms with Crippen LogP contribution in [0, 0.1) is 0 Å². The number of amides is 1. The fourth-order valence-electron chi connectivity index (χ4n) is 4.28. The first-order valence-corrected chi connectivity index (χ1v) is 14.0. The third-order valence-corrected chi connectivity index (χ3v) is 7.99. The maximum Gasteiger partial charge on any atom is 0.261 e. The SMILES string of the molecule is CNC(=O)c1ccc2c(ccn2CCC(C)(C)NCC(O)c2cccc(NS(=O)(=O)c3ccccc3)c2)c1. The molecule has 200 valence electrons. The van der Waals surface area contributed by atoms with Crippen LogP contribution in [0.3, 0.4) is 0 Å². The van der Waals surface area contributed by atoms with E-state index in [2.05, 4.69) is 33.8 Å². The van der Waals surface area contributed by atoms with Gasteiger partial charge in [0.05, 0.1) is 11.0 Å². The van der Waals surface area contributed by atoms with E-state index in [1.54, 1.807) is 49.5 Å². The number of aromatic nitrogens is 1. The zero-order valence-electron chi connectivity index (χ0n) is 21.8. The maximum atomic E-state index is 12.6. The Labute approximate surface area is 223 Å². The lowest BCUT2D eigenvalue weighted by atomic mass is 9.99. The number of hydrogen-bond acceptors (Lipinski definition) is 5. The molecule has 0 bridgehead atoms. The molecule has 0 saturated heterocycles. The van der Waals surface area contributed by atoms with E-state index in [9.17, 15) is 18.3 Å². The third-order valence-electron chi connectivity index (χ3n) is 6.59. The van der Waals surface area contributed by atoms with Crippen molar-refractivity contribution in [1.29, 1.82) is 0 Å². The standard InChI is InChI=1S/C29H34N4O4S/c1-29(2,15-17-33-16-14-21-18-23(28(35)30-3)12-13-26(21)33)31-20-27(34)22-8-7-9-24(19-22)32-38(36,37)25-10-5-4-6-11-25/h4-14,16,18-19,27,31-32,34H,15,17,20H2,1-3H3,(H,30,35). The van der Waals surface area contributed by atoms with Crippen LogP contribution in [0.25, 0.3) is 10.9 Å². The van der Waals surface area contributed by atoms with Gasteiger partial charge in [-0.2, -0.15) is 0 Å². The number of rotatable bonds is 11. The van der Waals surface area contributed by atoms with Crippen LogP contribution in [-0.4, -0.2) is 43.1 Å². The smallest absolute Gasteiger partial charge is 0.261 e. The number of aryl methyl sites for hydroxylation is 1. The second-order valence-electron chi connectivity index (χ2n) is 9.94. The van der Waals surface area contributed by atoms with Gasteiger partial charge in [0.2, 0.25) is 0 Å². The summed E-state index contributed by atoms with van der Waals surface area (Å²) in [5.74, 6) is -0.109. The predicted molar refractivity (Wildman–Crippen MR) is 151 cm³/mol. The largest absolute Gasteiger partial charge is 0.387 e. The number of hydrogen-bond donors (Lipinski definition) is 4. The van der Waals surface area contributed by atoms with E-state index in [0.29, 0.717) is 23.4 Å². The first kappa shape index (κ1) is 27.4. The molecule has 1 atom stereocenters. The molecule has 1 aromatic heterocycles. The number of nitrogens with zero attached hydrogens (tertiary/aromatic N) is 1. The highest BCUT2D eigenvalue weighted by Crippen LogP contribution is 2.23. The number of carbonyl (C=O) groups excluding carboxylic acids is 1. The van der Waals surface area contributed by atoms with Gasteiger partial charge < -0.3 is 20.3 Å². The van der Waals surface area contributed by atoms with Gasteiger partial charge in [-0.15, -0.1) is 0 Å². The molecule has 0 radical (unpaired) electrons. The number of fused-ring (bicyclic) bond motifs is 1. The van der Waals surface area contributed by atoms with E-state index in [-0.39, 0.29) is 16.3 Å². The molecule has 0 aliphatic rings. The molecule has 1 heterocycles. The minimum Gasteiger partial charge on any atom is -0.387 e. The van der Waals surface area contributed by atoms with E-state index in [4.69, 9.17) is 0 Å². The number of aliphatic hydroxyl groups is 1. The first-order chi connectivity index (χ1) is 18.1. The Hall–Kier alpha value is -3.66. The van der Waals surface area contributed by atoms with Crippen LogP contribution >= 0.6 is 0 Å². The Balaban J connectivity index is 1.35. The zero-order valence-corrected chi connectivity index (χ0v) is 22.6. The quantitative estimate of drug-likeness (QED) is 0.229. The van der Waals surface area contributed by atoms with Crippen LogP contribution in [-0.2, 0) is 16.6 Å². The van der Waals surface area contributed by atoms with E-state index >= 15 is 0 Å². The van der Waals surface area contributed by atoms with Gasteiger partial charge in [0.1, 0.15) is 0 Å². The summed E-state index contributed by atoms with van der Waals surface area (Å²) in [6, 6.07) is 22.7. The molecular formula is C29H34N4O4S. The van der Waals surface area contributed by atoms with E-state index in [1.807, 2.05) is 30.5 Å². The second kappa shape index (κ2) is 11.4. The Morgan fingerprint density at radius 3 is 2.50 bits per heavy atom. The van der Waals surface area contributed by atoms with Crippen LogP contribution < -0.4 is 15.4 Å². The van der Waals surface area contributed by atoms with E-state index < -0.39 is 16.1 Å². The lowest BCUT2D eigenvalue weighted by molar-refractivity contribution is 0.0963. The van der Waals surface area contributed by atoms with E-state index in [1.165, 1.54) is 12.1 Å². The maximum absolute atomic E-state index is 12.6. The third kappa shape index (κ3) is 6.61. The molecule has 1 unspecified atom stereocenters. The summed E-state index contributed by atoms with van der Waals surface area (Å²) in [6.07, 6.45) is 2.01. The fraction of sp³-hybridized carbons (Fsp3) is 0.276. The predicted octanol–water partition coefficient (Wildman–Crippen LogP) is 4.29.